The number of hydrogen-bond acceptors (Lipinski definition) is 4. The van der Waals surface area contributed by atoms with E-state index in [9.17, 15) is 9.59 Å². The smallest absolute Gasteiger partial charge is 0.335 e. The lowest BCUT2D eigenvalue weighted by molar-refractivity contribution is 0.0696. The van der Waals surface area contributed by atoms with Crippen LogP contribution in [0.4, 0.5) is 0 Å². The van der Waals surface area contributed by atoms with E-state index in [1.54, 1.807) is 0 Å². The van der Waals surface area contributed by atoms with E-state index in [2.05, 4.69) is 10.3 Å². The highest BCUT2D eigenvalue weighted by atomic mass is 16.4. The highest BCUT2D eigenvalue weighted by Gasteiger charge is 2.09. The number of carbonyl (C=O) groups is 2. The van der Waals surface area contributed by atoms with E-state index < -0.39 is 11.9 Å². The van der Waals surface area contributed by atoms with Gasteiger partial charge in [0.05, 0.1) is 5.56 Å². The van der Waals surface area contributed by atoms with Crippen LogP contribution in [0, 0.1) is 0 Å². The maximum Gasteiger partial charge on any atom is 0.335 e. The molecule has 0 aliphatic rings. The van der Waals surface area contributed by atoms with Crippen LogP contribution >= 0.6 is 0 Å². The molecule has 0 aliphatic heterocycles. The van der Waals surface area contributed by atoms with E-state index in [1.165, 1.54) is 18.3 Å². The molecule has 1 amide bonds. The molecule has 16 heavy (non-hydrogen) atoms. The van der Waals surface area contributed by atoms with Crippen molar-refractivity contribution < 1.29 is 14.7 Å². The van der Waals surface area contributed by atoms with Gasteiger partial charge in [-0.3, -0.25) is 9.78 Å². The van der Waals surface area contributed by atoms with Crippen LogP contribution < -0.4 is 11.1 Å². The molecule has 0 saturated carbocycles. The highest BCUT2D eigenvalue weighted by molar-refractivity contribution is 5.95. The standard InChI is InChI=1S/C10H13N3O3/c11-3-1-4-13-9(14)8-6-7(10(15)16)2-5-12-8/h2,5-6H,1,3-4,11H2,(H,13,14)(H,15,16). The zero-order valence-electron chi connectivity index (χ0n) is 8.64. The summed E-state index contributed by atoms with van der Waals surface area (Å²) in [6.07, 6.45) is 1.96. The van der Waals surface area contributed by atoms with Crippen LogP contribution in [0.1, 0.15) is 27.3 Å². The number of nitrogens with two attached hydrogens (primary N) is 1. The first-order valence-corrected chi connectivity index (χ1v) is 4.82. The van der Waals surface area contributed by atoms with Gasteiger partial charge in [-0.1, -0.05) is 0 Å². The van der Waals surface area contributed by atoms with Crippen LogP contribution in [0.2, 0.25) is 0 Å². The van der Waals surface area contributed by atoms with E-state index in [0.29, 0.717) is 19.5 Å². The van der Waals surface area contributed by atoms with E-state index in [-0.39, 0.29) is 11.3 Å². The summed E-state index contributed by atoms with van der Waals surface area (Å²) in [4.78, 5) is 25.9. The molecular weight excluding hydrogens is 210 g/mol. The van der Waals surface area contributed by atoms with Crippen LogP contribution in [-0.4, -0.2) is 35.1 Å². The molecule has 4 N–H and O–H groups in total. The fraction of sp³-hybridized carbons (Fsp3) is 0.300. The molecular formula is C10H13N3O3. The molecule has 6 nitrogen and oxygen atoms in total. The molecule has 0 aliphatic carbocycles. The summed E-state index contributed by atoms with van der Waals surface area (Å²) in [7, 11) is 0. The predicted octanol–water partition coefficient (Wildman–Crippen LogP) is -0.142. The van der Waals surface area contributed by atoms with Gasteiger partial charge >= 0.3 is 5.97 Å². The predicted molar refractivity (Wildman–Crippen MR) is 57.2 cm³/mol. The maximum atomic E-state index is 11.5. The molecule has 1 aromatic rings. The first-order valence-electron chi connectivity index (χ1n) is 4.82. The largest absolute Gasteiger partial charge is 0.478 e. The fourth-order valence-corrected chi connectivity index (χ4v) is 1.08. The van der Waals surface area contributed by atoms with Gasteiger partial charge in [0.25, 0.3) is 5.91 Å². The average Bonchev–Trinajstić information content (AvgIpc) is 2.29. The molecule has 1 heterocycles. The number of amides is 1. The molecule has 0 unspecified atom stereocenters. The molecule has 86 valence electrons. The Hall–Kier alpha value is -1.95. The number of nitrogens with zero attached hydrogens (tertiary/aromatic N) is 1. The van der Waals surface area contributed by atoms with Crippen molar-refractivity contribution >= 4 is 11.9 Å². The van der Waals surface area contributed by atoms with Gasteiger partial charge < -0.3 is 16.2 Å². The van der Waals surface area contributed by atoms with Gasteiger partial charge in [-0.2, -0.15) is 0 Å². The summed E-state index contributed by atoms with van der Waals surface area (Å²) >= 11 is 0. The van der Waals surface area contributed by atoms with Crippen molar-refractivity contribution in [2.24, 2.45) is 5.73 Å². The number of carboxylic acid groups (broad SMARTS) is 1. The summed E-state index contributed by atoms with van der Waals surface area (Å²) in [5, 5.41) is 11.3. The Kier molecular flexibility index (Phi) is 4.41. The van der Waals surface area contributed by atoms with E-state index in [4.69, 9.17) is 10.8 Å². The zero-order chi connectivity index (χ0) is 12.0. The van der Waals surface area contributed by atoms with Crippen LogP contribution in [0.15, 0.2) is 18.3 Å². The molecule has 0 fully saturated rings. The Morgan fingerprint density at radius 2 is 2.25 bits per heavy atom. The molecule has 0 bridgehead atoms. The van der Waals surface area contributed by atoms with Crippen molar-refractivity contribution in [1.82, 2.24) is 10.3 Å². The number of carboxylic acids is 1. The van der Waals surface area contributed by atoms with Crippen molar-refractivity contribution in [3.8, 4) is 0 Å². The molecule has 0 radical (unpaired) electrons. The van der Waals surface area contributed by atoms with Gasteiger partial charge in [0.15, 0.2) is 0 Å². The second-order valence-corrected chi connectivity index (χ2v) is 3.13. The van der Waals surface area contributed by atoms with Gasteiger partial charge in [0.2, 0.25) is 0 Å². The highest BCUT2D eigenvalue weighted by Crippen LogP contribution is 2.01. The molecule has 1 aromatic heterocycles. The van der Waals surface area contributed by atoms with Crippen molar-refractivity contribution in [2.75, 3.05) is 13.1 Å². The number of nitrogens with one attached hydrogen (secondary N) is 1. The summed E-state index contributed by atoms with van der Waals surface area (Å²) in [5.41, 5.74) is 5.41. The lowest BCUT2D eigenvalue weighted by atomic mass is 10.2. The third-order valence-electron chi connectivity index (χ3n) is 1.91. The molecule has 1 rings (SSSR count). The van der Waals surface area contributed by atoms with E-state index >= 15 is 0 Å². The van der Waals surface area contributed by atoms with Crippen LogP contribution in [0.3, 0.4) is 0 Å². The molecule has 0 saturated heterocycles. The molecule has 0 spiro atoms. The zero-order valence-corrected chi connectivity index (χ0v) is 8.64. The average molecular weight is 223 g/mol. The summed E-state index contributed by atoms with van der Waals surface area (Å²) in [6.45, 7) is 0.942. The van der Waals surface area contributed by atoms with Gasteiger partial charge in [0.1, 0.15) is 5.69 Å². The third-order valence-corrected chi connectivity index (χ3v) is 1.91. The second-order valence-electron chi connectivity index (χ2n) is 3.13. The van der Waals surface area contributed by atoms with Crippen molar-refractivity contribution in [2.45, 2.75) is 6.42 Å². The van der Waals surface area contributed by atoms with Crippen LogP contribution in [-0.2, 0) is 0 Å². The first kappa shape index (κ1) is 12.1. The topological polar surface area (TPSA) is 105 Å². The number of rotatable bonds is 5. The normalized spacial score (nSPS) is 9.81. The van der Waals surface area contributed by atoms with Gasteiger partial charge in [-0.15, -0.1) is 0 Å². The molecule has 0 atom stereocenters. The second kappa shape index (κ2) is 5.82. The van der Waals surface area contributed by atoms with Crippen molar-refractivity contribution in [1.29, 1.82) is 0 Å². The van der Waals surface area contributed by atoms with Crippen LogP contribution in [0.25, 0.3) is 0 Å². The van der Waals surface area contributed by atoms with Crippen molar-refractivity contribution in [3.05, 3.63) is 29.6 Å². The van der Waals surface area contributed by atoms with E-state index in [1.807, 2.05) is 0 Å². The summed E-state index contributed by atoms with van der Waals surface area (Å²) < 4.78 is 0. The molecule has 6 heteroatoms. The summed E-state index contributed by atoms with van der Waals surface area (Å²) in [6, 6.07) is 2.57. The Bertz CT molecular complexity index is 393. The monoisotopic (exact) mass is 223 g/mol. The third kappa shape index (κ3) is 3.32. The van der Waals surface area contributed by atoms with Crippen LogP contribution in [0.5, 0.6) is 0 Å². The fourth-order valence-electron chi connectivity index (χ4n) is 1.08. The van der Waals surface area contributed by atoms with E-state index in [0.717, 1.165) is 0 Å². The molecule has 0 aromatic carbocycles. The Morgan fingerprint density at radius 1 is 1.50 bits per heavy atom. The number of pyridine rings is 1. The SMILES string of the molecule is NCCCNC(=O)c1cc(C(=O)O)ccn1. The summed E-state index contributed by atoms with van der Waals surface area (Å²) in [5.74, 6) is -1.48. The van der Waals surface area contributed by atoms with Gasteiger partial charge in [-0.05, 0) is 25.1 Å². The number of aromatic carboxylic acids is 1. The minimum atomic E-state index is -1.08. The lowest BCUT2D eigenvalue weighted by Gasteiger charge is -2.03. The number of aromatic nitrogens is 1. The van der Waals surface area contributed by atoms with Crippen molar-refractivity contribution in [3.63, 3.8) is 0 Å². The Balaban J connectivity index is 2.68. The Morgan fingerprint density at radius 3 is 2.88 bits per heavy atom. The van der Waals surface area contributed by atoms with Gasteiger partial charge in [0, 0.05) is 12.7 Å². The lowest BCUT2D eigenvalue weighted by Crippen LogP contribution is -2.26. The minimum Gasteiger partial charge on any atom is -0.478 e. The number of carbonyl (C=O) groups excluding carboxylic acids is 1. The minimum absolute atomic E-state index is 0.0407. The Labute approximate surface area is 92.5 Å². The number of hydrogen-bond donors (Lipinski definition) is 3. The quantitative estimate of drug-likeness (QED) is 0.602. The first-order chi connectivity index (χ1) is 7.65. The van der Waals surface area contributed by atoms with Gasteiger partial charge in [-0.25, -0.2) is 4.79 Å². The maximum absolute atomic E-state index is 11.5.